The summed E-state index contributed by atoms with van der Waals surface area (Å²) in [7, 11) is 0. The van der Waals surface area contributed by atoms with Crippen LogP contribution in [-0.2, 0) is 4.79 Å². The van der Waals surface area contributed by atoms with E-state index in [9.17, 15) is 4.79 Å². The highest BCUT2D eigenvalue weighted by Crippen LogP contribution is 2.21. The van der Waals surface area contributed by atoms with Gasteiger partial charge < -0.3 is 11.1 Å². The molecule has 0 aromatic carbocycles. The summed E-state index contributed by atoms with van der Waals surface area (Å²) in [4.78, 5) is 13.7. The summed E-state index contributed by atoms with van der Waals surface area (Å²) in [5.74, 6) is -0.0526. The predicted octanol–water partition coefficient (Wildman–Crippen LogP) is 1.10. The molecule has 2 heterocycles. The largest absolute Gasteiger partial charge is 0.369 e. The Bertz CT molecular complexity index is 276. The molecular weight excluding hydrogens is 226 g/mol. The van der Waals surface area contributed by atoms with Crippen molar-refractivity contribution < 1.29 is 4.79 Å². The molecule has 0 aliphatic carbocycles. The normalized spacial score (nSPS) is 32.1. The first-order valence-corrected chi connectivity index (χ1v) is 7.43. The Kier molecular flexibility index (Phi) is 5.01. The zero-order valence-corrected chi connectivity index (χ0v) is 11.5. The first-order chi connectivity index (χ1) is 8.66. The van der Waals surface area contributed by atoms with Crippen LogP contribution in [0.3, 0.4) is 0 Å². The molecule has 2 rings (SSSR count). The lowest BCUT2D eigenvalue weighted by molar-refractivity contribution is -0.123. The first kappa shape index (κ1) is 13.8. The van der Waals surface area contributed by atoms with E-state index in [1.807, 2.05) is 0 Å². The van der Waals surface area contributed by atoms with Crippen LogP contribution in [0.4, 0.5) is 0 Å². The average Bonchev–Trinajstić information content (AvgIpc) is 2.40. The summed E-state index contributed by atoms with van der Waals surface area (Å²) in [5, 5.41) is 3.60. The molecule has 104 valence electrons. The van der Waals surface area contributed by atoms with Crippen molar-refractivity contribution in [3.63, 3.8) is 0 Å². The summed E-state index contributed by atoms with van der Waals surface area (Å²) in [6.07, 6.45) is 7.26. The summed E-state index contributed by atoms with van der Waals surface area (Å²) < 4.78 is 0. The summed E-state index contributed by atoms with van der Waals surface area (Å²) in [5.41, 5.74) is 5.44. The Morgan fingerprint density at radius 1 is 1.39 bits per heavy atom. The topological polar surface area (TPSA) is 58.4 Å². The second-order valence-electron chi connectivity index (χ2n) is 5.97. The molecule has 3 N–H and O–H groups in total. The fraction of sp³-hybridized carbons (Fsp3) is 0.929. The van der Waals surface area contributed by atoms with Gasteiger partial charge in [-0.15, -0.1) is 0 Å². The van der Waals surface area contributed by atoms with Crippen LogP contribution in [-0.4, -0.2) is 42.5 Å². The number of nitrogens with two attached hydrogens (primary N) is 1. The number of carbonyl (C=O) groups is 1. The van der Waals surface area contributed by atoms with Gasteiger partial charge in [-0.1, -0.05) is 6.42 Å². The van der Waals surface area contributed by atoms with Crippen molar-refractivity contribution in [1.82, 2.24) is 10.2 Å². The van der Waals surface area contributed by atoms with Gasteiger partial charge in [-0.2, -0.15) is 0 Å². The number of rotatable bonds is 4. The van der Waals surface area contributed by atoms with Gasteiger partial charge in [-0.3, -0.25) is 9.69 Å². The molecule has 3 atom stereocenters. The van der Waals surface area contributed by atoms with Gasteiger partial charge in [0.15, 0.2) is 0 Å². The van der Waals surface area contributed by atoms with Gasteiger partial charge in [0.2, 0.25) is 5.91 Å². The summed E-state index contributed by atoms with van der Waals surface area (Å²) in [6.45, 7) is 5.45. The molecular formula is C14H27N3O. The highest BCUT2D eigenvalue weighted by atomic mass is 16.1. The van der Waals surface area contributed by atoms with E-state index >= 15 is 0 Å². The van der Waals surface area contributed by atoms with E-state index in [-0.39, 0.29) is 11.8 Å². The Labute approximate surface area is 110 Å². The van der Waals surface area contributed by atoms with Gasteiger partial charge in [0.1, 0.15) is 0 Å². The van der Waals surface area contributed by atoms with Crippen LogP contribution < -0.4 is 11.1 Å². The lowest BCUT2D eigenvalue weighted by Crippen LogP contribution is -2.47. The number of likely N-dealkylation sites (tertiary alicyclic amines) is 1. The van der Waals surface area contributed by atoms with Crippen LogP contribution >= 0.6 is 0 Å². The van der Waals surface area contributed by atoms with Crippen LogP contribution in [0.15, 0.2) is 0 Å². The number of nitrogens with one attached hydrogen (secondary N) is 1. The van der Waals surface area contributed by atoms with E-state index in [0.717, 1.165) is 25.9 Å². The number of nitrogens with zero attached hydrogens (tertiary/aromatic N) is 1. The van der Waals surface area contributed by atoms with Crippen molar-refractivity contribution >= 4 is 5.91 Å². The van der Waals surface area contributed by atoms with Gasteiger partial charge in [0, 0.05) is 18.6 Å². The molecule has 2 aliphatic rings. The van der Waals surface area contributed by atoms with Crippen molar-refractivity contribution in [3.8, 4) is 0 Å². The van der Waals surface area contributed by atoms with Crippen LogP contribution in [0.1, 0.15) is 45.4 Å². The fourth-order valence-electron chi connectivity index (χ4n) is 3.32. The Morgan fingerprint density at radius 2 is 2.22 bits per heavy atom. The van der Waals surface area contributed by atoms with E-state index in [2.05, 4.69) is 17.1 Å². The molecule has 0 bridgehead atoms. The minimum atomic E-state index is -0.123. The standard InChI is InChI=1S/C14H27N3O/c1-11(9-13-6-2-3-7-16-13)17-8-4-5-12(10-17)14(15)18/h11-13,16H,2-10H2,1H3,(H2,15,18). The molecule has 0 spiro atoms. The van der Waals surface area contributed by atoms with Crippen molar-refractivity contribution in [2.75, 3.05) is 19.6 Å². The van der Waals surface area contributed by atoms with Crippen LogP contribution in [0.5, 0.6) is 0 Å². The second-order valence-corrected chi connectivity index (χ2v) is 5.97. The number of hydrogen-bond acceptors (Lipinski definition) is 3. The van der Waals surface area contributed by atoms with Gasteiger partial charge >= 0.3 is 0 Å². The molecule has 3 unspecified atom stereocenters. The molecule has 0 aromatic rings. The van der Waals surface area contributed by atoms with Gasteiger partial charge in [-0.05, 0) is 52.1 Å². The zero-order chi connectivity index (χ0) is 13.0. The quantitative estimate of drug-likeness (QED) is 0.789. The molecule has 2 aliphatic heterocycles. The number of piperidine rings is 2. The molecule has 2 saturated heterocycles. The number of primary amides is 1. The van der Waals surface area contributed by atoms with E-state index < -0.39 is 0 Å². The van der Waals surface area contributed by atoms with Crippen LogP contribution in [0, 0.1) is 5.92 Å². The Morgan fingerprint density at radius 3 is 2.89 bits per heavy atom. The first-order valence-electron chi connectivity index (χ1n) is 7.43. The second kappa shape index (κ2) is 6.53. The molecule has 0 radical (unpaired) electrons. The highest BCUT2D eigenvalue weighted by Gasteiger charge is 2.28. The third kappa shape index (κ3) is 3.69. The van der Waals surface area contributed by atoms with Crippen molar-refractivity contribution in [3.05, 3.63) is 0 Å². The maximum Gasteiger partial charge on any atom is 0.221 e. The maximum absolute atomic E-state index is 11.3. The lowest BCUT2D eigenvalue weighted by Gasteiger charge is -2.38. The summed E-state index contributed by atoms with van der Waals surface area (Å²) in [6, 6.07) is 1.23. The van der Waals surface area contributed by atoms with Crippen LogP contribution in [0.2, 0.25) is 0 Å². The third-order valence-corrected chi connectivity index (χ3v) is 4.52. The Balaban J connectivity index is 1.80. The average molecular weight is 253 g/mol. The van der Waals surface area contributed by atoms with Crippen molar-refractivity contribution in [2.45, 2.75) is 57.5 Å². The Hall–Kier alpha value is -0.610. The van der Waals surface area contributed by atoms with Crippen molar-refractivity contribution in [1.29, 1.82) is 0 Å². The minimum absolute atomic E-state index is 0.0699. The highest BCUT2D eigenvalue weighted by molar-refractivity contribution is 5.76. The SMILES string of the molecule is CC(CC1CCCCN1)N1CCCC(C(N)=O)C1. The zero-order valence-electron chi connectivity index (χ0n) is 11.5. The predicted molar refractivity (Wildman–Crippen MR) is 73.2 cm³/mol. The van der Waals surface area contributed by atoms with E-state index in [0.29, 0.717) is 12.1 Å². The number of hydrogen-bond donors (Lipinski definition) is 2. The third-order valence-electron chi connectivity index (χ3n) is 4.52. The number of amides is 1. The van der Waals surface area contributed by atoms with E-state index in [1.54, 1.807) is 0 Å². The summed E-state index contributed by atoms with van der Waals surface area (Å²) >= 11 is 0. The van der Waals surface area contributed by atoms with Crippen molar-refractivity contribution in [2.24, 2.45) is 11.7 Å². The monoisotopic (exact) mass is 253 g/mol. The van der Waals surface area contributed by atoms with Crippen LogP contribution in [0.25, 0.3) is 0 Å². The minimum Gasteiger partial charge on any atom is -0.369 e. The van der Waals surface area contributed by atoms with Gasteiger partial charge in [0.05, 0.1) is 5.92 Å². The lowest BCUT2D eigenvalue weighted by atomic mass is 9.93. The molecule has 4 nitrogen and oxygen atoms in total. The van der Waals surface area contributed by atoms with E-state index in [1.165, 1.54) is 32.2 Å². The molecule has 0 aromatic heterocycles. The molecule has 2 fully saturated rings. The maximum atomic E-state index is 11.3. The van der Waals surface area contributed by atoms with Gasteiger partial charge in [-0.25, -0.2) is 0 Å². The van der Waals surface area contributed by atoms with E-state index in [4.69, 9.17) is 5.73 Å². The molecule has 4 heteroatoms. The molecule has 18 heavy (non-hydrogen) atoms. The fourth-order valence-corrected chi connectivity index (χ4v) is 3.32. The molecule has 1 amide bonds. The number of carbonyl (C=O) groups excluding carboxylic acids is 1. The molecule has 0 saturated carbocycles. The smallest absolute Gasteiger partial charge is 0.221 e. The van der Waals surface area contributed by atoms with Gasteiger partial charge in [0.25, 0.3) is 0 Å².